The largest absolute Gasteiger partial charge is 0.215 e. The highest BCUT2D eigenvalue weighted by Crippen LogP contribution is 2.18. The molecule has 0 radical (unpaired) electrons. The Bertz CT molecular complexity index is 322. The lowest BCUT2D eigenvalue weighted by molar-refractivity contribution is 0.409. The van der Waals surface area contributed by atoms with Gasteiger partial charge in [0.2, 0.25) is 10.0 Å². The molecule has 0 saturated heterocycles. The molecule has 0 spiro atoms. The highest BCUT2D eigenvalue weighted by molar-refractivity contribution is 7.89. The summed E-state index contributed by atoms with van der Waals surface area (Å²) in [5.41, 5.74) is -0.277. The number of sulfonamides is 1. The molecule has 0 aromatic carbocycles. The monoisotopic (exact) mass is 232 g/mol. The smallest absolute Gasteiger partial charge is 0.212 e. The van der Waals surface area contributed by atoms with E-state index >= 15 is 0 Å². The van der Waals surface area contributed by atoms with Gasteiger partial charge >= 0.3 is 0 Å². The maximum absolute atomic E-state index is 11.9. The molecule has 0 aliphatic rings. The van der Waals surface area contributed by atoms with Crippen LogP contribution in [0.15, 0.2) is 0 Å². The van der Waals surface area contributed by atoms with Crippen LogP contribution in [0.1, 0.15) is 34.1 Å². The van der Waals surface area contributed by atoms with Crippen LogP contribution in [-0.2, 0) is 10.0 Å². The SMILES string of the molecule is CCCN(CC#N)S(=O)(=O)CC(C)(C)C. The number of rotatable bonds is 5. The molecule has 88 valence electrons. The summed E-state index contributed by atoms with van der Waals surface area (Å²) in [7, 11) is -3.29. The van der Waals surface area contributed by atoms with Crippen LogP contribution in [0.3, 0.4) is 0 Å². The van der Waals surface area contributed by atoms with Crippen molar-refractivity contribution in [1.82, 2.24) is 4.31 Å². The summed E-state index contributed by atoms with van der Waals surface area (Å²) < 4.78 is 25.1. The third-order valence-electron chi connectivity index (χ3n) is 1.73. The third kappa shape index (κ3) is 5.75. The Morgan fingerprint density at radius 2 is 1.87 bits per heavy atom. The fourth-order valence-electron chi connectivity index (χ4n) is 1.28. The lowest BCUT2D eigenvalue weighted by atomic mass is 10.0. The second-order valence-electron chi connectivity index (χ2n) is 4.81. The van der Waals surface area contributed by atoms with E-state index in [-0.39, 0.29) is 17.7 Å². The van der Waals surface area contributed by atoms with Gasteiger partial charge in [-0.3, -0.25) is 0 Å². The molecule has 0 amide bonds. The van der Waals surface area contributed by atoms with Gasteiger partial charge in [0.05, 0.1) is 11.8 Å². The van der Waals surface area contributed by atoms with Crippen LogP contribution in [0.4, 0.5) is 0 Å². The molecule has 0 aliphatic heterocycles. The van der Waals surface area contributed by atoms with Crippen molar-refractivity contribution in [3.8, 4) is 6.07 Å². The first-order chi connectivity index (χ1) is 6.73. The molecule has 0 aliphatic carbocycles. The number of hydrogen-bond acceptors (Lipinski definition) is 3. The van der Waals surface area contributed by atoms with Crippen LogP contribution in [0, 0.1) is 16.7 Å². The van der Waals surface area contributed by atoms with Gasteiger partial charge in [0, 0.05) is 6.54 Å². The van der Waals surface area contributed by atoms with E-state index in [1.165, 1.54) is 4.31 Å². The van der Waals surface area contributed by atoms with E-state index in [1.807, 2.05) is 33.8 Å². The Balaban J connectivity index is 4.74. The first-order valence-electron chi connectivity index (χ1n) is 5.07. The Kier molecular flexibility index (Phi) is 5.26. The standard InChI is InChI=1S/C10H20N2O2S/c1-5-7-12(8-6-11)15(13,14)9-10(2,3)4/h5,7-9H2,1-4H3. The van der Waals surface area contributed by atoms with Crippen LogP contribution in [0.2, 0.25) is 0 Å². The fourth-order valence-corrected chi connectivity index (χ4v) is 3.28. The first kappa shape index (κ1) is 14.4. The minimum atomic E-state index is -3.29. The predicted molar refractivity (Wildman–Crippen MR) is 60.7 cm³/mol. The van der Waals surface area contributed by atoms with Crippen molar-refractivity contribution in [2.75, 3.05) is 18.8 Å². The Labute approximate surface area is 92.9 Å². The van der Waals surface area contributed by atoms with Crippen LogP contribution in [0.5, 0.6) is 0 Å². The van der Waals surface area contributed by atoms with Crippen molar-refractivity contribution >= 4 is 10.0 Å². The predicted octanol–water partition coefficient (Wildman–Crippen LogP) is 1.60. The lowest BCUT2D eigenvalue weighted by Crippen LogP contribution is -2.37. The van der Waals surface area contributed by atoms with E-state index in [0.717, 1.165) is 6.42 Å². The number of nitrogens with zero attached hydrogens (tertiary/aromatic N) is 2. The van der Waals surface area contributed by atoms with Gasteiger partial charge in [-0.2, -0.15) is 9.57 Å². The molecular formula is C10H20N2O2S. The van der Waals surface area contributed by atoms with Crippen molar-refractivity contribution in [3.05, 3.63) is 0 Å². The quantitative estimate of drug-likeness (QED) is 0.676. The first-order valence-corrected chi connectivity index (χ1v) is 6.68. The van der Waals surface area contributed by atoms with Crippen molar-refractivity contribution in [1.29, 1.82) is 5.26 Å². The van der Waals surface area contributed by atoms with Crippen LogP contribution in [-0.4, -0.2) is 31.6 Å². The summed E-state index contributed by atoms with van der Waals surface area (Å²) in [5, 5.41) is 8.57. The number of nitriles is 1. The van der Waals surface area contributed by atoms with Gasteiger partial charge in [-0.25, -0.2) is 8.42 Å². The molecular weight excluding hydrogens is 212 g/mol. The molecule has 0 atom stereocenters. The molecule has 0 bridgehead atoms. The molecule has 0 aromatic heterocycles. The second kappa shape index (κ2) is 5.47. The summed E-state index contributed by atoms with van der Waals surface area (Å²) >= 11 is 0. The lowest BCUT2D eigenvalue weighted by Gasteiger charge is -2.24. The van der Waals surface area contributed by atoms with Crippen molar-refractivity contribution in [3.63, 3.8) is 0 Å². The van der Waals surface area contributed by atoms with Gasteiger partial charge in [-0.05, 0) is 11.8 Å². The summed E-state index contributed by atoms with van der Waals surface area (Å²) in [6.07, 6.45) is 0.727. The minimum Gasteiger partial charge on any atom is -0.212 e. The van der Waals surface area contributed by atoms with E-state index in [4.69, 9.17) is 5.26 Å². The van der Waals surface area contributed by atoms with Gasteiger partial charge in [0.25, 0.3) is 0 Å². The molecule has 0 saturated carbocycles. The maximum Gasteiger partial charge on any atom is 0.215 e. The van der Waals surface area contributed by atoms with Gasteiger partial charge < -0.3 is 0 Å². The van der Waals surface area contributed by atoms with E-state index in [9.17, 15) is 8.42 Å². The summed E-state index contributed by atoms with van der Waals surface area (Å²) in [6.45, 7) is 7.90. The van der Waals surface area contributed by atoms with Gasteiger partial charge in [0.1, 0.15) is 6.54 Å². The average Bonchev–Trinajstić information content (AvgIpc) is 1.99. The molecule has 0 heterocycles. The molecule has 4 nitrogen and oxygen atoms in total. The molecule has 5 heteroatoms. The third-order valence-corrected chi connectivity index (χ3v) is 4.06. The summed E-state index contributed by atoms with van der Waals surface area (Å²) in [6, 6.07) is 1.89. The Morgan fingerprint density at radius 1 is 1.33 bits per heavy atom. The molecule has 0 N–H and O–H groups in total. The zero-order valence-corrected chi connectivity index (χ0v) is 10.8. The molecule has 0 rings (SSSR count). The van der Waals surface area contributed by atoms with E-state index in [0.29, 0.717) is 6.54 Å². The molecule has 15 heavy (non-hydrogen) atoms. The van der Waals surface area contributed by atoms with Crippen LogP contribution >= 0.6 is 0 Å². The zero-order chi connectivity index (χ0) is 12.1. The van der Waals surface area contributed by atoms with E-state index < -0.39 is 10.0 Å². The van der Waals surface area contributed by atoms with Crippen molar-refractivity contribution in [2.45, 2.75) is 34.1 Å². The minimum absolute atomic E-state index is 0.0494. The van der Waals surface area contributed by atoms with Gasteiger partial charge in [-0.15, -0.1) is 0 Å². The maximum atomic E-state index is 11.9. The van der Waals surface area contributed by atoms with Gasteiger partial charge in [-0.1, -0.05) is 27.7 Å². The van der Waals surface area contributed by atoms with Crippen LogP contribution in [0.25, 0.3) is 0 Å². The summed E-state index contributed by atoms with van der Waals surface area (Å²) in [4.78, 5) is 0. The number of hydrogen-bond donors (Lipinski definition) is 0. The zero-order valence-electron chi connectivity index (χ0n) is 9.95. The highest BCUT2D eigenvalue weighted by atomic mass is 32.2. The average molecular weight is 232 g/mol. The van der Waals surface area contributed by atoms with Crippen molar-refractivity contribution < 1.29 is 8.42 Å². The van der Waals surface area contributed by atoms with Crippen LogP contribution < -0.4 is 0 Å². The topological polar surface area (TPSA) is 61.2 Å². The second-order valence-corrected chi connectivity index (χ2v) is 6.78. The van der Waals surface area contributed by atoms with Crippen molar-refractivity contribution in [2.24, 2.45) is 5.41 Å². The molecule has 0 fully saturated rings. The Morgan fingerprint density at radius 3 is 2.20 bits per heavy atom. The molecule has 0 unspecified atom stereocenters. The highest BCUT2D eigenvalue weighted by Gasteiger charge is 2.27. The van der Waals surface area contributed by atoms with Gasteiger partial charge in [0.15, 0.2) is 0 Å². The Hall–Kier alpha value is -0.600. The molecule has 0 aromatic rings. The fraction of sp³-hybridized carbons (Fsp3) is 0.900. The normalized spacial score (nSPS) is 12.8. The summed E-state index contributed by atoms with van der Waals surface area (Å²) in [5.74, 6) is 0.0850. The van der Waals surface area contributed by atoms with E-state index in [1.54, 1.807) is 0 Å². The van der Waals surface area contributed by atoms with E-state index in [2.05, 4.69) is 0 Å².